The molecule has 0 bridgehead atoms. The van der Waals surface area contributed by atoms with Gasteiger partial charge >= 0.3 is 0 Å². The maximum Gasteiger partial charge on any atom is 0.265 e. The number of fused-ring (bicyclic) bond motifs is 1. The first-order chi connectivity index (χ1) is 18.0. The van der Waals surface area contributed by atoms with E-state index in [1.807, 2.05) is 4.72 Å². The number of anilines is 3. The lowest BCUT2D eigenvalue weighted by Gasteiger charge is -2.13. The quantitative estimate of drug-likeness (QED) is 0.302. The number of sulfonamides is 1. The third-order valence-electron chi connectivity index (χ3n) is 5.51. The lowest BCUT2D eigenvalue weighted by atomic mass is 10.1. The number of pyridine rings is 1. The molecule has 0 aliphatic heterocycles. The minimum atomic E-state index is -4.65. The van der Waals surface area contributed by atoms with Gasteiger partial charge in [0.15, 0.2) is 17.5 Å². The molecule has 0 amide bonds. The molecule has 0 saturated heterocycles. The standard InChI is InChI=1S/C24H17F3N8O2S/c1-11-14(10-30-24(29)31-11)23-33-18-8-7-16(32-21(18)22(28)34-23)13-3-2-4-17(20(13)27)35-38(36,37)19-9-12(25)5-6-15(19)26/h2-10,35H,1H3,(H2,28,33,34)(H2,29,30,31). The van der Waals surface area contributed by atoms with Crippen molar-refractivity contribution in [1.82, 2.24) is 24.9 Å². The number of aromatic nitrogens is 5. The molecule has 0 aliphatic rings. The third kappa shape index (κ3) is 4.52. The van der Waals surface area contributed by atoms with Gasteiger partial charge in [0.1, 0.15) is 22.0 Å². The zero-order valence-corrected chi connectivity index (χ0v) is 20.3. The Kier molecular flexibility index (Phi) is 6.03. The van der Waals surface area contributed by atoms with Gasteiger partial charge in [-0.25, -0.2) is 46.5 Å². The zero-order chi connectivity index (χ0) is 27.2. The molecule has 2 aromatic carbocycles. The highest BCUT2D eigenvalue weighted by Gasteiger charge is 2.23. The normalized spacial score (nSPS) is 11.6. The topological polar surface area (TPSA) is 163 Å². The van der Waals surface area contributed by atoms with Gasteiger partial charge in [-0.2, -0.15) is 0 Å². The molecule has 38 heavy (non-hydrogen) atoms. The third-order valence-corrected chi connectivity index (χ3v) is 6.89. The SMILES string of the molecule is Cc1nc(N)ncc1-c1nc(N)c2nc(-c3cccc(NS(=O)(=O)c4cc(F)ccc4F)c3F)ccc2n1. The molecule has 0 saturated carbocycles. The number of nitrogen functional groups attached to an aromatic ring is 2. The maximum atomic E-state index is 15.4. The molecule has 5 rings (SSSR count). The highest BCUT2D eigenvalue weighted by molar-refractivity contribution is 7.92. The van der Waals surface area contributed by atoms with Crippen LogP contribution < -0.4 is 16.2 Å². The molecule has 5 N–H and O–H groups in total. The first-order valence-electron chi connectivity index (χ1n) is 10.8. The largest absolute Gasteiger partial charge is 0.382 e. The molecule has 0 aliphatic carbocycles. The van der Waals surface area contributed by atoms with Gasteiger partial charge in [-0.1, -0.05) is 6.07 Å². The van der Waals surface area contributed by atoms with E-state index in [0.717, 1.165) is 12.1 Å². The molecule has 5 aromatic rings. The summed E-state index contributed by atoms with van der Waals surface area (Å²) in [6, 6.07) is 8.81. The lowest BCUT2D eigenvalue weighted by molar-refractivity contribution is 0.555. The van der Waals surface area contributed by atoms with Crippen molar-refractivity contribution >= 4 is 38.5 Å². The Labute approximate surface area is 213 Å². The smallest absolute Gasteiger partial charge is 0.265 e. The Hall–Kier alpha value is -4.85. The fourth-order valence-electron chi connectivity index (χ4n) is 3.70. The van der Waals surface area contributed by atoms with Gasteiger partial charge in [0.25, 0.3) is 10.0 Å². The van der Waals surface area contributed by atoms with Crippen molar-refractivity contribution in [3.8, 4) is 22.6 Å². The first-order valence-corrected chi connectivity index (χ1v) is 12.3. The van der Waals surface area contributed by atoms with Crippen LogP contribution in [0.2, 0.25) is 0 Å². The van der Waals surface area contributed by atoms with E-state index in [1.165, 1.54) is 24.4 Å². The molecular weight excluding hydrogens is 521 g/mol. The van der Waals surface area contributed by atoms with E-state index < -0.39 is 38.1 Å². The van der Waals surface area contributed by atoms with E-state index in [4.69, 9.17) is 11.5 Å². The van der Waals surface area contributed by atoms with Crippen molar-refractivity contribution in [2.75, 3.05) is 16.2 Å². The van der Waals surface area contributed by atoms with E-state index in [2.05, 4.69) is 24.9 Å². The molecule has 3 aromatic heterocycles. The van der Waals surface area contributed by atoms with Crippen LogP contribution >= 0.6 is 0 Å². The summed E-state index contributed by atoms with van der Waals surface area (Å²) in [5, 5.41) is 0. The van der Waals surface area contributed by atoms with Crippen LogP contribution in [0.1, 0.15) is 5.69 Å². The van der Waals surface area contributed by atoms with Gasteiger partial charge in [-0.05, 0) is 49.4 Å². The van der Waals surface area contributed by atoms with E-state index >= 15 is 4.39 Å². The number of hydrogen-bond donors (Lipinski definition) is 3. The lowest BCUT2D eigenvalue weighted by Crippen LogP contribution is -2.16. The van der Waals surface area contributed by atoms with Gasteiger partial charge in [0.2, 0.25) is 5.95 Å². The van der Waals surface area contributed by atoms with Crippen molar-refractivity contribution in [1.29, 1.82) is 0 Å². The number of nitrogens with zero attached hydrogens (tertiary/aromatic N) is 5. The summed E-state index contributed by atoms with van der Waals surface area (Å²) in [7, 11) is -4.65. The monoisotopic (exact) mass is 538 g/mol. The Bertz CT molecular complexity index is 1850. The second-order valence-corrected chi connectivity index (χ2v) is 9.72. The number of rotatable bonds is 5. The average molecular weight is 539 g/mol. The van der Waals surface area contributed by atoms with E-state index in [1.54, 1.807) is 13.0 Å². The van der Waals surface area contributed by atoms with E-state index in [9.17, 15) is 17.2 Å². The summed E-state index contributed by atoms with van der Waals surface area (Å²) < 4.78 is 70.2. The van der Waals surface area contributed by atoms with Gasteiger partial charge in [0.05, 0.1) is 28.2 Å². The summed E-state index contributed by atoms with van der Waals surface area (Å²) in [6.07, 6.45) is 1.47. The van der Waals surface area contributed by atoms with Crippen molar-refractivity contribution < 1.29 is 21.6 Å². The fraction of sp³-hybridized carbons (Fsp3) is 0.0417. The minimum Gasteiger partial charge on any atom is -0.382 e. The number of nitrogens with two attached hydrogens (primary N) is 2. The summed E-state index contributed by atoms with van der Waals surface area (Å²) in [5.74, 6) is -2.81. The van der Waals surface area contributed by atoms with Crippen LogP contribution in [0.15, 0.2) is 59.6 Å². The first kappa shape index (κ1) is 24.8. The van der Waals surface area contributed by atoms with Crippen LogP contribution in [0, 0.1) is 24.4 Å². The van der Waals surface area contributed by atoms with Crippen LogP contribution in [0.25, 0.3) is 33.7 Å². The van der Waals surface area contributed by atoms with Gasteiger partial charge in [-0.15, -0.1) is 0 Å². The molecule has 192 valence electrons. The van der Waals surface area contributed by atoms with Gasteiger partial charge in [-0.3, -0.25) is 4.72 Å². The molecule has 0 fully saturated rings. The highest BCUT2D eigenvalue weighted by atomic mass is 32.2. The van der Waals surface area contributed by atoms with Crippen molar-refractivity contribution in [2.24, 2.45) is 0 Å². The number of hydrogen-bond acceptors (Lipinski definition) is 9. The Morgan fingerprint density at radius 3 is 2.45 bits per heavy atom. The number of aryl methyl sites for hydroxylation is 1. The van der Waals surface area contributed by atoms with Crippen molar-refractivity contribution in [3.05, 3.63) is 77.9 Å². The maximum absolute atomic E-state index is 15.4. The summed E-state index contributed by atoms with van der Waals surface area (Å²) >= 11 is 0. The van der Waals surface area contributed by atoms with Gasteiger partial charge < -0.3 is 11.5 Å². The highest BCUT2D eigenvalue weighted by Crippen LogP contribution is 2.31. The summed E-state index contributed by atoms with van der Waals surface area (Å²) in [5.41, 5.74) is 12.8. The molecule has 0 unspecified atom stereocenters. The molecule has 3 heterocycles. The molecule has 0 spiro atoms. The number of nitrogens with one attached hydrogen (secondary N) is 1. The summed E-state index contributed by atoms with van der Waals surface area (Å²) in [6.45, 7) is 1.71. The predicted molar refractivity (Wildman–Crippen MR) is 134 cm³/mol. The van der Waals surface area contributed by atoms with Crippen molar-refractivity contribution in [3.63, 3.8) is 0 Å². The second kappa shape index (κ2) is 9.23. The van der Waals surface area contributed by atoms with E-state index in [0.29, 0.717) is 28.9 Å². The Morgan fingerprint density at radius 2 is 1.68 bits per heavy atom. The van der Waals surface area contributed by atoms with Gasteiger partial charge in [0, 0.05) is 11.8 Å². The number of benzene rings is 2. The Balaban J connectivity index is 1.53. The summed E-state index contributed by atoms with van der Waals surface area (Å²) in [4.78, 5) is 20.2. The van der Waals surface area contributed by atoms with Crippen LogP contribution in [-0.4, -0.2) is 33.3 Å². The minimum absolute atomic E-state index is 0.00178. The second-order valence-electron chi connectivity index (χ2n) is 8.07. The van der Waals surface area contributed by atoms with Crippen molar-refractivity contribution in [2.45, 2.75) is 11.8 Å². The fourth-order valence-corrected chi connectivity index (χ4v) is 4.85. The predicted octanol–water partition coefficient (Wildman–Crippen LogP) is 3.84. The molecule has 0 radical (unpaired) electrons. The van der Waals surface area contributed by atoms with Crippen LogP contribution in [0.4, 0.5) is 30.6 Å². The average Bonchev–Trinajstić information content (AvgIpc) is 2.86. The van der Waals surface area contributed by atoms with Crippen LogP contribution in [0.5, 0.6) is 0 Å². The van der Waals surface area contributed by atoms with Crippen LogP contribution in [-0.2, 0) is 10.0 Å². The molecule has 10 nitrogen and oxygen atoms in total. The zero-order valence-electron chi connectivity index (χ0n) is 19.4. The molecular formula is C24H17F3N8O2S. The Morgan fingerprint density at radius 1 is 0.895 bits per heavy atom. The number of halogens is 3. The molecule has 14 heteroatoms. The van der Waals surface area contributed by atoms with E-state index in [-0.39, 0.29) is 34.4 Å². The van der Waals surface area contributed by atoms with Crippen LogP contribution in [0.3, 0.4) is 0 Å². The molecule has 0 atom stereocenters.